The quantitative estimate of drug-likeness (QED) is 0.550. The van der Waals surface area contributed by atoms with Gasteiger partial charge in [-0.3, -0.25) is 19.5 Å². The zero-order valence-corrected chi connectivity index (χ0v) is 17.5. The second-order valence-corrected chi connectivity index (χ2v) is 7.65. The largest absolute Gasteiger partial charge is 0.379 e. The van der Waals surface area contributed by atoms with Crippen LogP contribution in [0, 0.1) is 0 Å². The summed E-state index contributed by atoms with van der Waals surface area (Å²) >= 11 is 0. The van der Waals surface area contributed by atoms with Gasteiger partial charge in [0.1, 0.15) is 6.54 Å². The molecule has 0 atom stereocenters. The number of nitrogens with zero attached hydrogens (tertiary/aromatic N) is 4. The Morgan fingerprint density at radius 3 is 2.68 bits per heavy atom. The van der Waals surface area contributed by atoms with Gasteiger partial charge in [0.15, 0.2) is 0 Å². The Labute approximate surface area is 180 Å². The number of rotatable bonds is 8. The summed E-state index contributed by atoms with van der Waals surface area (Å²) in [7, 11) is 0. The molecule has 31 heavy (non-hydrogen) atoms. The lowest BCUT2D eigenvalue weighted by molar-refractivity contribution is -0.121. The third kappa shape index (κ3) is 5.53. The Morgan fingerprint density at radius 2 is 1.90 bits per heavy atom. The van der Waals surface area contributed by atoms with Crippen LogP contribution in [-0.4, -0.2) is 65.0 Å². The molecule has 1 fully saturated rings. The summed E-state index contributed by atoms with van der Waals surface area (Å²) in [4.78, 5) is 31.8. The van der Waals surface area contributed by atoms with Gasteiger partial charge in [0, 0.05) is 43.8 Å². The van der Waals surface area contributed by atoms with E-state index >= 15 is 0 Å². The molecule has 0 aliphatic carbocycles. The first kappa shape index (κ1) is 21.1. The highest BCUT2D eigenvalue weighted by molar-refractivity contribution is 5.84. The molecule has 0 saturated carbocycles. The molecular formula is C23H27N5O3. The number of ether oxygens (including phenoxy) is 1. The molecule has 4 rings (SSSR count). The van der Waals surface area contributed by atoms with E-state index in [0.717, 1.165) is 55.9 Å². The molecule has 0 spiro atoms. The summed E-state index contributed by atoms with van der Waals surface area (Å²) in [6.45, 7) is 4.80. The highest BCUT2D eigenvalue weighted by Crippen LogP contribution is 2.16. The zero-order chi connectivity index (χ0) is 21.5. The zero-order valence-electron chi connectivity index (χ0n) is 17.5. The van der Waals surface area contributed by atoms with E-state index in [2.05, 4.69) is 20.3 Å². The van der Waals surface area contributed by atoms with Crippen molar-refractivity contribution in [2.24, 2.45) is 0 Å². The summed E-state index contributed by atoms with van der Waals surface area (Å²) in [5.41, 5.74) is 1.50. The highest BCUT2D eigenvalue weighted by Gasteiger charge is 2.14. The average molecular weight is 422 g/mol. The first-order valence-electron chi connectivity index (χ1n) is 10.6. The molecule has 1 aliphatic heterocycles. The molecule has 2 aromatic heterocycles. The number of carbonyl (C=O) groups is 1. The second-order valence-electron chi connectivity index (χ2n) is 7.65. The average Bonchev–Trinajstić information content (AvgIpc) is 2.81. The number of carbonyl (C=O) groups excluding carboxylic acids is 1. The van der Waals surface area contributed by atoms with Crippen LogP contribution in [0.3, 0.4) is 0 Å². The number of hydrogen-bond donors (Lipinski definition) is 1. The summed E-state index contributed by atoms with van der Waals surface area (Å²) in [6.07, 6.45) is 4.90. The van der Waals surface area contributed by atoms with Crippen molar-refractivity contribution in [1.29, 1.82) is 0 Å². The molecule has 1 saturated heterocycles. The molecule has 8 nitrogen and oxygen atoms in total. The van der Waals surface area contributed by atoms with E-state index in [0.29, 0.717) is 18.4 Å². The lowest BCUT2D eigenvalue weighted by atomic mass is 10.1. The van der Waals surface area contributed by atoms with Crippen LogP contribution in [0.2, 0.25) is 0 Å². The Kier molecular flexibility index (Phi) is 7.01. The van der Waals surface area contributed by atoms with Gasteiger partial charge in [-0.25, -0.2) is 4.68 Å². The third-order valence-electron chi connectivity index (χ3n) is 5.41. The number of hydrogen-bond acceptors (Lipinski definition) is 6. The number of morpholine rings is 1. The van der Waals surface area contributed by atoms with Gasteiger partial charge in [-0.05, 0) is 30.7 Å². The molecule has 1 aromatic carbocycles. The molecule has 8 heteroatoms. The van der Waals surface area contributed by atoms with E-state index in [9.17, 15) is 9.59 Å². The summed E-state index contributed by atoms with van der Waals surface area (Å²) < 4.78 is 6.61. The first-order chi connectivity index (χ1) is 15.2. The summed E-state index contributed by atoms with van der Waals surface area (Å²) in [5.74, 6) is -0.209. The SMILES string of the molecule is O=C(Cn1nc(Cc2cccnc2)c2ccccc2c1=O)NCCCN1CCOCC1. The van der Waals surface area contributed by atoms with Crippen LogP contribution in [0.1, 0.15) is 17.7 Å². The van der Waals surface area contributed by atoms with E-state index < -0.39 is 0 Å². The van der Waals surface area contributed by atoms with Crippen LogP contribution in [0.25, 0.3) is 10.8 Å². The maximum absolute atomic E-state index is 12.9. The van der Waals surface area contributed by atoms with Crippen LogP contribution >= 0.6 is 0 Å². The maximum atomic E-state index is 12.9. The maximum Gasteiger partial charge on any atom is 0.275 e. The number of nitrogens with one attached hydrogen (secondary N) is 1. The van der Waals surface area contributed by atoms with E-state index in [4.69, 9.17) is 4.74 Å². The van der Waals surface area contributed by atoms with Gasteiger partial charge in [-0.1, -0.05) is 24.3 Å². The molecule has 1 amide bonds. The fourth-order valence-electron chi connectivity index (χ4n) is 3.79. The molecular weight excluding hydrogens is 394 g/mol. The van der Waals surface area contributed by atoms with E-state index in [1.54, 1.807) is 18.5 Å². The second kappa shape index (κ2) is 10.3. The van der Waals surface area contributed by atoms with Crippen molar-refractivity contribution in [2.75, 3.05) is 39.4 Å². The van der Waals surface area contributed by atoms with Crippen molar-refractivity contribution in [1.82, 2.24) is 25.0 Å². The van der Waals surface area contributed by atoms with Gasteiger partial charge < -0.3 is 10.1 Å². The van der Waals surface area contributed by atoms with Crippen LogP contribution in [0.5, 0.6) is 0 Å². The summed E-state index contributed by atoms with van der Waals surface area (Å²) in [5, 5.41) is 8.81. The predicted molar refractivity (Wildman–Crippen MR) is 118 cm³/mol. The highest BCUT2D eigenvalue weighted by atomic mass is 16.5. The molecule has 0 radical (unpaired) electrons. The van der Waals surface area contributed by atoms with Crippen LogP contribution in [0.4, 0.5) is 0 Å². The van der Waals surface area contributed by atoms with Crippen LogP contribution < -0.4 is 10.9 Å². The van der Waals surface area contributed by atoms with E-state index in [1.165, 1.54) is 4.68 Å². The van der Waals surface area contributed by atoms with Crippen molar-refractivity contribution in [3.63, 3.8) is 0 Å². The molecule has 3 aromatic rings. The fraction of sp³-hybridized carbons (Fsp3) is 0.391. The lowest BCUT2D eigenvalue weighted by Crippen LogP contribution is -2.39. The minimum Gasteiger partial charge on any atom is -0.379 e. The van der Waals surface area contributed by atoms with E-state index in [-0.39, 0.29) is 18.0 Å². The van der Waals surface area contributed by atoms with Crippen LogP contribution in [0.15, 0.2) is 53.6 Å². The molecule has 0 bridgehead atoms. The smallest absolute Gasteiger partial charge is 0.275 e. The first-order valence-corrected chi connectivity index (χ1v) is 10.6. The Bertz CT molecular complexity index is 1080. The topological polar surface area (TPSA) is 89.3 Å². The Morgan fingerprint density at radius 1 is 1.10 bits per heavy atom. The standard InChI is InChI=1S/C23H27N5O3/c29-22(25-9-4-10-27-11-13-31-14-12-27)17-28-23(30)20-7-2-1-6-19(20)21(26-28)15-18-5-3-8-24-16-18/h1-3,5-8,16H,4,9-15,17H2,(H,25,29). The molecule has 1 N–H and O–H groups in total. The van der Waals surface area contributed by atoms with Crippen molar-refractivity contribution < 1.29 is 9.53 Å². The molecule has 162 valence electrons. The summed E-state index contributed by atoms with van der Waals surface area (Å²) in [6, 6.07) is 11.2. The number of aromatic nitrogens is 3. The lowest BCUT2D eigenvalue weighted by Gasteiger charge is -2.26. The number of fused-ring (bicyclic) bond motifs is 1. The van der Waals surface area contributed by atoms with Crippen molar-refractivity contribution >= 4 is 16.7 Å². The van der Waals surface area contributed by atoms with Crippen LogP contribution in [-0.2, 0) is 22.5 Å². The Hall–Kier alpha value is -3.10. The van der Waals surface area contributed by atoms with Crippen molar-refractivity contribution in [3.8, 4) is 0 Å². The van der Waals surface area contributed by atoms with Gasteiger partial charge in [0.05, 0.1) is 24.3 Å². The number of pyridine rings is 1. The van der Waals surface area contributed by atoms with Gasteiger partial charge in [-0.15, -0.1) is 0 Å². The molecule has 1 aliphatic rings. The van der Waals surface area contributed by atoms with Gasteiger partial charge in [0.2, 0.25) is 5.91 Å². The van der Waals surface area contributed by atoms with Gasteiger partial charge >= 0.3 is 0 Å². The normalized spacial score (nSPS) is 14.6. The van der Waals surface area contributed by atoms with Gasteiger partial charge in [0.25, 0.3) is 5.56 Å². The molecule has 0 unspecified atom stereocenters. The predicted octanol–water partition coefficient (Wildman–Crippen LogP) is 1.22. The number of amides is 1. The Balaban J connectivity index is 1.43. The fourth-order valence-corrected chi connectivity index (χ4v) is 3.79. The third-order valence-corrected chi connectivity index (χ3v) is 5.41. The van der Waals surface area contributed by atoms with Crippen molar-refractivity contribution in [3.05, 3.63) is 70.4 Å². The van der Waals surface area contributed by atoms with E-state index in [1.807, 2.05) is 30.3 Å². The monoisotopic (exact) mass is 421 g/mol. The minimum absolute atomic E-state index is 0.0960. The van der Waals surface area contributed by atoms with Crippen molar-refractivity contribution in [2.45, 2.75) is 19.4 Å². The van der Waals surface area contributed by atoms with Gasteiger partial charge in [-0.2, -0.15) is 5.10 Å². The molecule has 3 heterocycles. The minimum atomic E-state index is -0.256. The number of benzene rings is 1.